The number of primary sulfonamides is 1. The molecule has 0 aliphatic heterocycles. The maximum Gasteiger partial charge on any atom is 0.251 e. The molecule has 2 rings (SSSR count). The standard InChI is InChI=1S/C15H22N2O3S/c1-11-7-13(9-14(8-11)21(16,19)20)15(18)17-10-12-5-3-2-4-6-12/h7-9,12H,2-6,10H2,1H3,(H,17,18)(H2,16,19,20). The van der Waals surface area contributed by atoms with E-state index in [1.54, 1.807) is 13.0 Å². The molecule has 5 nitrogen and oxygen atoms in total. The zero-order chi connectivity index (χ0) is 15.5. The van der Waals surface area contributed by atoms with Gasteiger partial charge in [0.05, 0.1) is 4.90 Å². The van der Waals surface area contributed by atoms with E-state index in [1.807, 2.05) is 0 Å². The van der Waals surface area contributed by atoms with Crippen LogP contribution in [0.3, 0.4) is 0 Å². The van der Waals surface area contributed by atoms with E-state index in [9.17, 15) is 13.2 Å². The Morgan fingerprint density at radius 2 is 1.90 bits per heavy atom. The summed E-state index contributed by atoms with van der Waals surface area (Å²) in [5.41, 5.74) is 1.04. The lowest BCUT2D eigenvalue weighted by Gasteiger charge is -2.21. The average molecular weight is 310 g/mol. The van der Waals surface area contributed by atoms with Gasteiger partial charge in [-0.05, 0) is 49.4 Å². The van der Waals surface area contributed by atoms with Gasteiger partial charge in [-0.1, -0.05) is 19.3 Å². The zero-order valence-electron chi connectivity index (χ0n) is 12.3. The highest BCUT2D eigenvalue weighted by Gasteiger charge is 2.17. The first-order valence-corrected chi connectivity index (χ1v) is 8.83. The molecule has 0 radical (unpaired) electrons. The summed E-state index contributed by atoms with van der Waals surface area (Å²) in [6, 6.07) is 4.47. The Morgan fingerprint density at radius 1 is 1.24 bits per heavy atom. The van der Waals surface area contributed by atoms with Gasteiger partial charge >= 0.3 is 0 Å². The molecule has 0 bridgehead atoms. The van der Waals surface area contributed by atoms with Crippen LogP contribution in [0.1, 0.15) is 48.0 Å². The van der Waals surface area contributed by atoms with Gasteiger partial charge in [0.25, 0.3) is 5.91 Å². The van der Waals surface area contributed by atoms with Crippen LogP contribution in [0.4, 0.5) is 0 Å². The van der Waals surface area contributed by atoms with Gasteiger partial charge in [-0.15, -0.1) is 0 Å². The van der Waals surface area contributed by atoms with Crippen LogP contribution in [-0.4, -0.2) is 20.9 Å². The second-order valence-electron chi connectivity index (χ2n) is 5.79. The van der Waals surface area contributed by atoms with Gasteiger partial charge in [0.2, 0.25) is 10.0 Å². The average Bonchev–Trinajstić information content (AvgIpc) is 2.44. The molecule has 1 aliphatic carbocycles. The summed E-state index contributed by atoms with van der Waals surface area (Å²) >= 11 is 0. The predicted molar refractivity (Wildman–Crippen MR) is 81.5 cm³/mol. The number of aryl methyl sites for hydroxylation is 1. The number of hydrogen-bond donors (Lipinski definition) is 2. The molecule has 0 heterocycles. The summed E-state index contributed by atoms with van der Waals surface area (Å²) in [5.74, 6) is 0.291. The molecular weight excluding hydrogens is 288 g/mol. The summed E-state index contributed by atoms with van der Waals surface area (Å²) in [6.45, 7) is 2.39. The maximum absolute atomic E-state index is 12.2. The number of nitrogens with two attached hydrogens (primary N) is 1. The third-order valence-corrected chi connectivity index (χ3v) is 4.81. The molecule has 0 atom stereocenters. The van der Waals surface area contributed by atoms with Crippen molar-refractivity contribution in [3.8, 4) is 0 Å². The SMILES string of the molecule is Cc1cc(C(=O)NCC2CCCCC2)cc(S(N)(=O)=O)c1. The van der Waals surface area contributed by atoms with E-state index in [4.69, 9.17) is 5.14 Å². The lowest BCUT2D eigenvalue weighted by atomic mass is 9.89. The Hall–Kier alpha value is -1.40. The number of nitrogens with one attached hydrogen (secondary N) is 1. The lowest BCUT2D eigenvalue weighted by Crippen LogP contribution is -2.30. The molecule has 0 spiro atoms. The van der Waals surface area contributed by atoms with Gasteiger partial charge in [0, 0.05) is 12.1 Å². The van der Waals surface area contributed by atoms with Gasteiger partial charge in [-0.3, -0.25) is 4.79 Å². The molecule has 3 N–H and O–H groups in total. The lowest BCUT2D eigenvalue weighted by molar-refractivity contribution is 0.0943. The largest absolute Gasteiger partial charge is 0.352 e. The highest BCUT2D eigenvalue weighted by Crippen LogP contribution is 2.23. The summed E-state index contributed by atoms with van der Waals surface area (Å²) < 4.78 is 22.8. The Balaban J connectivity index is 2.06. The zero-order valence-corrected chi connectivity index (χ0v) is 13.1. The summed E-state index contributed by atoms with van der Waals surface area (Å²) in [5, 5.41) is 8.03. The smallest absolute Gasteiger partial charge is 0.251 e. The summed E-state index contributed by atoms with van der Waals surface area (Å²) in [6.07, 6.45) is 6.02. The monoisotopic (exact) mass is 310 g/mol. The van der Waals surface area contributed by atoms with Crippen molar-refractivity contribution in [3.05, 3.63) is 29.3 Å². The molecule has 1 saturated carbocycles. The molecule has 0 unspecified atom stereocenters. The second-order valence-corrected chi connectivity index (χ2v) is 7.36. The number of hydrogen-bond acceptors (Lipinski definition) is 3. The van der Waals surface area contributed by atoms with Gasteiger partial charge in [0.15, 0.2) is 0 Å². The quantitative estimate of drug-likeness (QED) is 0.890. The Kier molecular flexibility index (Phi) is 5.00. The molecule has 116 valence electrons. The van der Waals surface area contributed by atoms with Crippen molar-refractivity contribution in [1.82, 2.24) is 5.32 Å². The highest BCUT2D eigenvalue weighted by atomic mass is 32.2. The van der Waals surface area contributed by atoms with E-state index < -0.39 is 10.0 Å². The normalized spacial score (nSPS) is 16.7. The minimum atomic E-state index is -3.80. The minimum Gasteiger partial charge on any atom is -0.352 e. The Morgan fingerprint density at radius 3 is 2.52 bits per heavy atom. The number of sulfonamides is 1. The van der Waals surface area contributed by atoms with Crippen molar-refractivity contribution in [1.29, 1.82) is 0 Å². The number of rotatable bonds is 4. The molecule has 6 heteroatoms. The van der Waals surface area contributed by atoms with Crippen LogP contribution in [0.5, 0.6) is 0 Å². The molecule has 1 amide bonds. The van der Waals surface area contributed by atoms with Crippen molar-refractivity contribution < 1.29 is 13.2 Å². The molecule has 1 aromatic rings. The predicted octanol–water partition coefficient (Wildman–Crippen LogP) is 1.95. The van der Waals surface area contributed by atoms with Crippen LogP contribution in [0, 0.1) is 12.8 Å². The molecule has 1 aliphatic rings. The van der Waals surface area contributed by atoms with Gasteiger partial charge in [0.1, 0.15) is 0 Å². The fraction of sp³-hybridized carbons (Fsp3) is 0.533. The first kappa shape index (κ1) is 16.0. The van der Waals surface area contributed by atoms with Gasteiger partial charge in [-0.25, -0.2) is 13.6 Å². The number of carbonyl (C=O) groups is 1. The second kappa shape index (κ2) is 6.58. The summed E-state index contributed by atoms with van der Waals surface area (Å²) in [4.78, 5) is 12.1. The number of amides is 1. The van der Waals surface area contributed by atoms with E-state index in [-0.39, 0.29) is 10.8 Å². The number of carbonyl (C=O) groups excluding carboxylic acids is 1. The van der Waals surface area contributed by atoms with Gasteiger partial charge < -0.3 is 5.32 Å². The Bertz CT molecular complexity index is 620. The summed E-state index contributed by atoms with van der Waals surface area (Å²) in [7, 11) is -3.80. The van der Waals surface area contributed by atoms with Gasteiger partial charge in [-0.2, -0.15) is 0 Å². The van der Waals surface area contributed by atoms with Crippen molar-refractivity contribution in [2.24, 2.45) is 11.1 Å². The molecular formula is C15H22N2O3S. The first-order chi connectivity index (χ1) is 9.86. The van der Waals surface area contributed by atoms with E-state index in [2.05, 4.69) is 5.32 Å². The molecule has 0 aromatic heterocycles. The topological polar surface area (TPSA) is 89.3 Å². The van der Waals surface area contributed by atoms with Crippen LogP contribution < -0.4 is 10.5 Å². The minimum absolute atomic E-state index is 0.0229. The third kappa shape index (κ3) is 4.54. The van der Waals surface area contributed by atoms with Crippen LogP contribution >= 0.6 is 0 Å². The van der Waals surface area contributed by atoms with Crippen LogP contribution in [0.25, 0.3) is 0 Å². The van der Waals surface area contributed by atoms with E-state index in [0.717, 1.165) is 12.8 Å². The Labute approximate surface area is 126 Å². The third-order valence-electron chi connectivity index (χ3n) is 3.92. The van der Waals surface area contributed by atoms with E-state index in [1.165, 1.54) is 31.4 Å². The number of benzene rings is 1. The first-order valence-electron chi connectivity index (χ1n) is 7.29. The molecule has 0 saturated heterocycles. The molecule has 21 heavy (non-hydrogen) atoms. The van der Waals surface area contributed by atoms with E-state index in [0.29, 0.717) is 23.6 Å². The maximum atomic E-state index is 12.2. The van der Waals surface area contributed by atoms with Crippen LogP contribution in [0.15, 0.2) is 23.1 Å². The molecule has 1 aromatic carbocycles. The van der Waals surface area contributed by atoms with E-state index >= 15 is 0 Å². The molecule has 1 fully saturated rings. The van der Waals surface area contributed by atoms with Crippen LogP contribution in [-0.2, 0) is 10.0 Å². The van der Waals surface area contributed by atoms with Crippen molar-refractivity contribution in [2.75, 3.05) is 6.54 Å². The fourth-order valence-corrected chi connectivity index (χ4v) is 3.42. The van der Waals surface area contributed by atoms with Crippen molar-refractivity contribution in [3.63, 3.8) is 0 Å². The van der Waals surface area contributed by atoms with Crippen molar-refractivity contribution >= 4 is 15.9 Å². The fourth-order valence-electron chi connectivity index (χ4n) is 2.77. The van der Waals surface area contributed by atoms with Crippen LogP contribution in [0.2, 0.25) is 0 Å². The highest BCUT2D eigenvalue weighted by molar-refractivity contribution is 7.89. The van der Waals surface area contributed by atoms with Crippen molar-refractivity contribution in [2.45, 2.75) is 43.9 Å².